The molecule has 0 aromatic carbocycles. The second-order valence-electron chi connectivity index (χ2n) is 6.34. The average molecular weight is 253 g/mol. The largest absolute Gasteiger partial charge is 0.314 e. The van der Waals surface area contributed by atoms with Crippen molar-refractivity contribution >= 4 is 0 Å². The van der Waals surface area contributed by atoms with Crippen molar-refractivity contribution in [3.05, 3.63) is 0 Å². The van der Waals surface area contributed by atoms with Gasteiger partial charge in [0, 0.05) is 6.04 Å². The molecule has 0 amide bonds. The van der Waals surface area contributed by atoms with Crippen molar-refractivity contribution < 1.29 is 0 Å². The summed E-state index contributed by atoms with van der Waals surface area (Å²) >= 11 is 0. The number of rotatable bonds is 11. The first-order valence-electron chi connectivity index (χ1n) is 8.53. The lowest BCUT2D eigenvalue weighted by molar-refractivity contribution is 0.234. The summed E-state index contributed by atoms with van der Waals surface area (Å²) in [5.41, 5.74) is 0. The van der Waals surface area contributed by atoms with Gasteiger partial charge in [-0.1, -0.05) is 65.7 Å². The van der Waals surface area contributed by atoms with Crippen LogP contribution in [0.25, 0.3) is 0 Å². The molecule has 0 aromatic heterocycles. The molecule has 1 nitrogen and oxygen atoms in total. The second kappa shape index (κ2) is 9.83. The van der Waals surface area contributed by atoms with Crippen molar-refractivity contribution in [1.82, 2.24) is 5.32 Å². The molecule has 0 aromatic rings. The minimum absolute atomic E-state index is 0.803. The van der Waals surface area contributed by atoms with Gasteiger partial charge >= 0.3 is 0 Å². The van der Waals surface area contributed by atoms with Gasteiger partial charge in [-0.05, 0) is 37.6 Å². The average Bonchev–Trinajstić information content (AvgIpc) is 2.34. The van der Waals surface area contributed by atoms with Crippen molar-refractivity contribution in [3.63, 3.8) is 0 Å². The topological polar surface area (TPSA) is 12.0 Å². The van der Waals surface area contributed by atoms with E-state index in [9.17, 15) is 0 Å². The van der Waals surface area contributed by atoms with Crippen LogP contribution in [0.5, 0.6) is 0 Å². The summed E-state index contributed by atoms with van der Waals surface area (Å²) in [5.74, 6) is 2.00. The maximum absolute atomic E-state index is 3.81. The minimum Gasteiger partial charge on any atom is -0.314 e. The summed E-state index contributed by atoms with van der Waals surface area (Å²) in [6.45, 7) is 8.18. The third-order valence-corrected chi connectivity index (χ3v) is 4.69. The predicted octanol–water partition coefficient (Wildman–Crippen LogP) is 5.15. The highest BCUT2D eigenvalue weighted by Crippen LogP contribution is 2.32. The third kappa shape index (κ3) is 6.22. The van der Waals surface area contributed by atoms with Crippen molar-refractivity contribution in [1.29, 1.82) is 0 Å². The molecule has 1 N–H and O–H groups in total. The smallest absolute Gasteiger partial charge is 0.00723 e. The second-order valence-corrected chi connectivity index (χ2v) is 6.34. The molecule has 18 heavy (non-hydrogen) atoms. The van der Waals surface area contributed by atoms with Crippen LogP contribution in [0.15, 0.2) is 0 Å². The van der Waals surface area contributed by atoms with Gasteiger partial charge in [-0.2, -0.15) is 0 Å². The molecule has 0 saturated heterocycles. The van der Waals surface area contributed by atoms with Crippen LogP contribution in [-0.4, -0.2) is 12.6 Å². The Morgan fingerprint density at radius 1 is 1.11 bits per heavy atom. The zero-order chi connectivity index (χ0) is 13.2. The molecule has 0 radical (unpaired) electrons. The highest BCUT2D eigenvalue weighted by atomic mass is 14.9. The van der Waals surface area contributed by atoms with Gasteiger partial charge in [0.15, 0.2) is 0 Å². The van der Waals surface area contributed by atoms with E-state index in [1.807, 2.05) is 0 Å². The molecule has 0 bridgehead atoms. The molecular formula is C17H35N. The Bertz CT molecular complexity index is 186. The summed E-state index contributed by atoms with van der Waals surface area (Å²) < 4.78 is 0. The summed E-state index contributed by atoms with van der Waals surface area (Å²) in [7, 11) is 0. The van der Waals surface area contributed by atoms with E-state index < -0.39 is 0 Å². The first-order chi connectivity index (χ1) is 8.80. The molecule has 0 heterocycles. The van der Waals surface area contributed by atoms with Crippen LogP contribution >= 0.6 is 0 Å². The van der Waals surface area contributed by atoms with Crippen LogP contribution < -0.4 is 5.32 Å². The molecule has 0 aliphatic heterocycles. The molecule has 2 unspecified atom stereocenters. The Kier molecular flexibility index (Phi) is 8.75. The minimum atomic E-state index is 0.803. The van der Waals surface area contributed by atoms with Gasteiger partial charge < -0.3 is 5.32 Å². The monoisotopic (exact) mass is 253 g/mol. The number of unbranched alkanes of at least 4 members (excludes halogenated alkanes) is 1. The van der Waals surface area contributed by atoms with Crippen LogP contribution in [0, 0.1) is 11.8 Å². The SMILES string of the molecule is CCCCC(CC)CC(CC1CCC1)NCCC. The Morgan fingerprint density at radius 3 is 2.39 bits per heavy atom. The molecule has 1 rings (SSSR count). The van der Waals surface area contributed by atoms with E-state index in [0.29, 0.717) is 0 Å². The Morgan fingerprint density at radius 2 is 1.89 bits per heavy atom. The van der Waals surface area contributed by atoms with E-state index in [4.69, 9.17) is 0 Å². The van der Waals surface area contributed by atoms with E-state index >= 15 is 0 Å². The van der Waals surface area contributed by atoms with Crippen molar-refractivity contribution in [2.75, 3.05) is 6.54 Å². The number of hydrogen-bond acceptors (Lipinski definition) is 1. The van der Waals surface area contributed by atoms with Crippen LogP contribution in [0.2, 0.25) is 0 Å². The lowest BCUT2D eigenvalue weighted by Crippen LogP contribution is -2.35. The van der Waals surface area contributed by atoms with E-state index in [-0.39, 0.29) is 0 Å². The predicted molar refractivity (Wildman–Crippen MR) is 82.0 cm³/mol. The fourth-order valence-electron chi connectivity index (χ4n) is 3.13. The third-order valence-electron chi connectivity index (χ3n) is 4.69. The lowest BCUT2D eigenvalue weighted by Gasteiger charge is -2.32. The van der Waals surface area contributed by atoms with E-state index in [0.717, 1.165) is 17.9 Å². The maximum Gasteiger partial charge on any atom is 0.00723 e. The van der Waals surface area contributed by atoms with Gasteiger partial charge in [0.25, 0.3) is 0 Å². The van der Waals surface area contributed by atoms with Crippen molar-refractivity contribution in [2.45, 2.75) is 91.0 Å². The number of nitrogens with one attached hydrogen (secondary N) is 1. The molecule has 1 aliphatic rings. The normalized spacial score (nSPS) is 19.5. The quantitative estimate of drug-likeness (QED) is 0.537. The molecule has 1 fully saturated rings. The van der Waals surface area contributed by atoms with Gasteiger partial charge in [-0.3, -0.25) is 0 Å². The summed E-state index contributed by atoms with van der Waals surface area (Å²) in [6, 6.07) is 0.803. The van der Waals surface area contributed by atoms with Crippen molar-refractivity contribution in [3.8, 4) is 0 Å². The van der Waals surface area contributed by atoms with E-state index in [1.54, 1.807) is 0 Å². The van der Waals surface area contributed by atoms with Gasteiger partial charge in [0.1, 0.15) is 0 Å². The van der Waals surface area contributed by atoms with Gasteiger partial charge in [-0.25, -0.2) is 0 Å². The summed E-state index contributed by atoms with van der Waals surface area (Å²) in [4.78, 5) is 0. The van der Waals surface area contributed by atoms with Crippen LogP contribution in [0.3, 0.4) is 0 Å². The zero-order valence-electron chi connectivity index (χ0n) is 13.0. The van der Waals surface area contributed by atoms with E-state index in [1.165, 1.54) is 70.8 Å². The molecule has 1 saturated carbocycles. The molecular weight excluding hydrogens is 218 g/mol. The fraction of sp³-hybridized carbons (Fsp3) is 1.00. The first kappa shape index (κ1) is 16.0. The van der Waals surface area contributed by atoms with Crippen molar-refractivity contribution in [2.24, 2.45) is 11.8 Å². The standard InChI is InChI=1S/C17H35N/c1-4-7-9-15(6-3)13-17(18-12-5-2)14-16-10-8-11-16/h15-18H,4-14H2,1-3H3. The zero-order valence-corrected chi connectivity index (χ0v) is 13.0. The molecule has 1 heteroatoms. The van der Waals surface area contributed by atoms with Crippen LogP contribution in [0.1, 0.15) is 85.0 Å². The van der Waals surface area contributed by atoms with Gasteiger partial charge in [0.2, 0.25) is 0 Å². The van der Waals surface area contributed by atoms with Gasteiger partial charge in [0.05, 0.1) is 0 Å². The Labute approximate surface area is 115 Å². The first-order valence-corrected chi connectivity index (χ1v) is 8.53. The summed E-state index contributed by atoms with van der Waals surface area (Å²) in [5, 5.41) is 3.81. The Hall–Kier alpha value is -0.0400. The maximum atomic E-state index is 3.81. The molecule has 1 aliphatic carbocycles. The van der Waals surface area contributed by atoms with Crippen LogP contribution in [0.4, 0.5) is 0 Å². The lowest BCUT2D eigenvalue weighted by atomic mass is 9.78. The highest BCUT2D eigenvalue weighted by molar-refractivity contribution is 4.79. The molecule has 2 atom stereocenters. The molecule has 0 spiro atoms. The number of hydrogen-bond donors (Lipinski definition) is 1. The molecule has 108 valence electrons. The highest BCUT2D eigenvalue weighted by Gasteiger charge is 2.23. The fourth-order valence-corrected chi connectivity index (χ4v) is 3.13. The van der Waals surface area contributed by atoms with Gasteiger partial charge in [-0.15, -0.1) is 0 Å². The summed E-state index contributed by atoms with van der Waals surface area (Å²) in [6.07, 6.45) is 14.2. The van der Waals surface area contributed by atoms with Crippen LogP contribution in [-0.2, 0) is 0 Å². The Balaban J connectivity index is 2.30. The van der Waals surface area contributed by atoms with E-state index in [2.05, 4.69) is 26.1 Å².